The number of carbonyl (C=O) groups is 1. The lowest BCUT2D eigenvalue weighted by molar-refractivity contribution is -0.119. The van der Waals surface area contributed by atoms with E-state index in [-0.39, 0.29) is 12.5 Å². The molecule has 0 aliphatic rings. The van der Waals surface area contributed by atoms with E-state index in [2.05, 4.69) is 10.7 Å². The smallest absolute Gasteiger partial charge is 0.253 e. The second-order valence-electron chi connectivity index (χ2n) is 3.86. The summed E-state index contributed by atoms with van der Waals surface area (Å²) in [6, 6.07) is 16.9. The monoisotopic (exact) mass is 257 g/mol. The Hall–Kier alpha value is -2.53. The topological polar surface area (TPSA) is 76.4 Å². The molecule has 19 heavy (non-hydrogen) atoms. The van der Waals surface area contributed by atoms with Crippen LogP contribution in [0.25, 0.3) is 0 Å². The van der Waals surface area contributed by atoms with Crippen LogP contribution >= 0.6 is 0 Å². The largest absolute Gasteiger partial charge is 0.457 e. The molecular formula is C14H15N3O2. The molecular weight excluding hydrogens is 242 g/mol. The van der Waals surface area contributed by atoms with E-state index in [1.807, 2.05) is 54.6 Å². The number of anilines is 1. The number of carbonyl (C=O) groups excluding carboxylic acids is 1. The minimum Gasteiger partial charge on any atom is -0.457 e. The normalized spacial score (nSPS) is 9.74. The van der Waals surface area contributed by atoms with Gasteiger partial charge in [-0.3, -0.25) is 10.2 Å². The maximum atomic E-state index is 11.0. The summed E-state index contributed by atoms with van der Waals surface area (Å²) in [4.78, 5) is 11.0. The van der Waals surface area contributed by atoms with Crippen LogP contribution in [0.5, 0.6) is 11.5 Å². The summed E-state index contributed by atoms with van der Waals surface area (Å²) >= 11 is 0. The third kappa shape index (κ3) is 4.01. The third-order valence-corrected chi connectivity index (χ3v) is 2.43. The van der Waals surface area contributed by atoms with Crippen molar-refractivity contribution in [2.24, 2.45) is 5.84 Å². The van der Waals surface area contributed by atoms with E-state index in [0.29, 0.717) is 5.75 Å². The first-order chi connectivity index (χ1) is 9.28. The molecule has 5 nitrogen and oxygen atoms in total. The number of para-hydroxylation sites is 1. The van der Waals surface area contributed by atoms with E-state index in [9.17, 15) is 4.79 Å². The van der Waals surface area contributed by atoms with Gasteiger partial charge in [-0.25, -0.2) is 5.84 Å². The summed E-state index contributed by atoms with van der Waals surface area (Å²) in [5.41, 5.74) is 2.85. The Kier molecular flexibility index (Phi) is 4.36. The number of hydrogen-bond donors (Lipinski definition) is 3. The van der Waals surface area contributed by atoms with Crippen molar-refractivity contribution < 1.29 is 9.53 Å². The Labute approximate surface area is 111 Å². The van der Waals surface area contributed by atoms with E-state index in [1.54, 1.807) is 0 Å². The molecule has 1 amide bonds. The van der Waals surface area contributed by atoms with Crippen LogP contribution in [-0.2, 0) is 4.79 Å². The van der Waals surface area contributed by atoms with Crippen LogP contribution in [0.3, 0.4) is 0 Å². The van der Waals surface area contributed by atoms with E-state index in [4.69, 9.17) is 10.6 Å². The Morgan fingerprint density at radius 2 is 1.79 bits per heavy atom. The van der Waals surface area contributed by atoms with E-state index < -0.39 is 0 Å². The molecule has 4 N–H and O–H groups in total. The predicted molar refractivity (Wildman–Crippen MR) is 73.8 cm³/mol. The number of hydrogen-bond acceptors (Lipinski definition) is 4. The zero-order valence-electron chi connectivity index (χ0n) is 10.3. The van der Waals surface area contributed by atoms with Crippen molar-refractivity contribution in [1.29, 1.82) is 0 Å². The Bertz CT molecular complexity index is 543. The lowest BCUT2D eigenvalue weighted by Crippen LogP contribution is -2.35. The Balaban J connectivity index is 2.01. The fourth-order valence-electron chi connectivity index (χ4n) is 1.53. The van der Waals surface area contributed by atoms with Crippen molar-refractivity contribution in [3.8, 4) is 11.5 Å². The highest BCUT2D eigenvalue weighted by Gasteiger charge is 2.01. The van der Waals surface area contributed by atoms with Crippen molar-refractivity contribution >= 4 is 11.6 Å². The van der Waals surface area contributed by atoms with Crippen molar-refractivity contribution in [1.82, 2.24) is 5.43 Å². The van der Waals surface area contributed by atoms with Gasteiger partial charge in [0.15, 0.2) is 0 Å². The molecule has 0 spiro atoms. The average Bonchev–Trinajstić information content (AvgIpc) is 2.46. The lowest BCUT2D eigenvalue weighted by Gasteiger charge is -2.09. The minimum absolute atomic E-state index is 0.116. The molecule has 0 aliphatic carbocycles. The van der Waals surface area contributed by atoms with Crippen molar-refractivity contribution in [3.05, 3.63) is 54.6 Å². The van der Waals surface area contributed by atoms with Gasteiger partial charge in [-0.05, 0) is 24.3 Å². The van der Waals surface area contributed by atoms with Crippen LogP contribution in [0.15, 0.2) is 54.6 Å². The van der Waals surface area contributed by atoms with Crippen LogP contribution < -0.4 is 21.3 Å². The summed E-state index contributed by atoms with van der Waals surface area (Å²) in [5.74, 6) is 6.18. The predicted octanol–water partition coefficient (Wildman–Crippen LogP) is 1.88. The second-order valence-corrected chi connectivity index (χ2v) is 3.86. The molecule has 0 saturated heterocycles. The molecule has 98 valence electrons. The molecule has 0 aromatic heterocycles. The molecule has 0 heterocycles. The van der Waals surface area contributed by atoms with Crippen molar-refractivity contribution in [2.75, 3.05) is 11.9 Å². The number of amides is 1. The van der Waals surface area contributed by atoms with Gasteiger partial charge in [0.25, 0.3) is 5.91 Å². The number of ether oxygens (including phenoxy) is 1. The first-order valence-corrected chi connectivity index (χ1v) is 5.84. The van der Waals surface area contributed by atoms with Crippen LogP contribution in [0.4, 0.5) is 5.69 Å². The Morgan fingerprint density at radius 3 is 2.53 bits per heavy atom. The maximum absolute atomic E-state index is 11.0. The molecule has 0 unspecified atom stereocenters. The van der Waals surface area contributed by atoms with Gasteiger partial charge in [0.1, 0.15) is 11.5 Å². The molecule has 0 radical (unpaired) electrons. The lowest BCUT2D eigenvalue weighted by atomic mass is 10.3. The highest BCUT2D eigenvalue weighted by molar-refractivity contribution is 5.80. The Morgan fingerprint density at radius 1 is 1.05 bits per heavy atom. The highest BCUT2D eigenvalue weighted by atomic mass is 16.5. The first kappa shape index (κ1) is 12.9. The molecule has 2 aromatic carbocycles. The van der Waals surface area contributed by atoms with Crippen molar-refractivity contribution in [3.63, 3.8) is 0 Å². The first-order valence-electron chi connectivity index (χ1n) is 5.84. The summed E-state index contributed by atoms with van der Waals surface area (Å²) in [5, 5.41) is 2.95. The molecule has 0 atom stereocenters. The molecule has 2 aromatic rings. The van der Waals surface area contributed by atoms with Gasteiger partial charge < -0.3 is 10.1 Å². The maximum Gasteiger partial charge on any atom is 0.253 e. The number of nitrogens with one attached hydrogen (secondary N) is 2. The van der Waals surface area contributed by atoms with Crippen LogP contribution in [0.1, 0.15) is 0 Å². The molecule has 0 fully saturated rings. The van der Waals surface area contributed by atoms with Gasteiger partial charge in [0.2, 0.25) is 0 Å². The zero-order chi connectivity index (χ0) is 13.5. The quantitative estimate of drug-likeness (QED) is 0.434. The number of rotatable bonds is 5. The molecule has 5 heteroatoms. The summed E-state index contributed by atoms with van der Waals surface area (Å²) in [6.45, 7) is 0.116. The summed E-state index contributed by atoms with van der Waals surface area (Å²) in [7, 11) is 0. The standard InChI is InChI=1S/C14H15N3O2/c15-17-14(18)10-16-11-5-4-8-13(9-11)19-12-6-2-1-3-7-12/h1-9,16H,10,15H2,(H,17,18). The fourth-order valence-corrected chi connectivity index (χ4v) is 1.53. The van der Waals surface area contributed by atoms with Gasteiger partial charge >= 0.3 is 0 Å². The van der Waals surface area contributed by atoms with Crippen LogP contribution in [0, 0.1) is 0 Å². The minimum atomic E-state index is -0.283. The SMILES string of the molecule is NNC(=O)CNc1cccc(Oc2ccccc2)c1. The zero-order valence-corrected chi connectivity index (χ0v) is 10.3. The van der Waals surface area contributed by atoms with E-state index >= 15 is 0 Å². The van der Waals surface area contributed by atoms with Gasteiger partial charge in [0.05, 0.1) is 6.54 Å². The molecule has 0 saturated carbocycles. The fraction of sp³-hybridized carbons (Fsp3) is 0.0714. The number of nitrogens with two attached hydrogens (primary N) is 1. The van der Waals surface area contributed by atoms with Gasteiger partial charge in [-0.15, -0.1) is 0 Å². The third-order valence-electron chi connectivity index (χ3n) is 2.43. The van der Waals surface area contributed by atoms with Crippen molar-refractivity contribution in [2.45, 2.75) is 0 Å². The highest BCUT2D eigenvalue weighted by Crippen LogP contribution is 2.23. The van der Waals surface area contributed by atoms with Gasteiger partial charge in [-0.1, -0.05) is 24.3 Å². The van der Waals surface area contributed by atoms with Gasteiger partial charge in [-0.2, -0.15) is 0 Å². The molecule has 2 rings (SSSR count). The number of benzene rings is 2. The van der Waals surface area contributed by atoms with E-state index in [1.165, 1.54) is 0 Å². The van der Waals surface area contributed by atoms with Crippen LogP contribution in [0.2, 0.25) is 0 Å². The second kappa shape index (κ2) is 6.42. The van der Waals surface area contributed by atoms with Crippen LogP contribution in [-0.4, -0.2) is 12.5 Å². The summed E-state index contributed by atoms with van der Waals surface area (Å²) in [6.07, 6.45) is 0. The summed E-state index contributed by atoms with van der Waals surface area (Å²) < 4.78 is 5.69. The molecule has 0 bridgehead atoms. The molecule has 0 aliphatic heterocycles. The number of hydrazine groups is 1. The average molecular weight is 257 g/mol. The van der Waals surface area contributed by atoms with E-state index in [0.717, 1.165) is 11.4 Å². The van der Waals surface area contributed by atoms with Gasteiger partial charge in [0, 0.05) is 11.8 Å².